The Morgan fingerprint density at radius 1 is 1.10 bits per heavy atom. The number of amides is 1. The Kier molecular flexibility index (Phi) is 5.10. The van der Waals surface area contributed by atoms with Crippen LogP contribution in [0.25, 0.3) is 0 Å². The van der Waals surface area contributed by atoms with Gasteiger partial charge in [0.05, 0.1) is 6.54 Å². The van der Waals surface area contributed by atoms with Crippen molar-refractivity contribution in [3.8, 4) is 0 Å². The number of hydrogen-bond donors (Lipinski definition) is 2. The third kappa shape index (κ3) is 4.13. The quantitative estimate of drug-likeness (QED) is 0.859. The summed E-state index contributed by atoms with van der Waals surface area (Å²) in [6.45, 7) is 3.98. The number of carbonyl (C=O) groups excluding carboxylic acids is 1. The Hall–Kier alpha value is -1.71. The second kappa shape index (κ2) is 6.83. The van der Waals surface area contributed by atoms with Crippen LogP contribution in [-0.4, -0.2) is 12.5 Å². The van der Waals surface area contributed by atoms with Gasteiger partial charge in [-0.2, -0.15) is 0 Å². The number of hydrogen-bond acceptors (Lipinski definition) is 2. The smallest absolute Gasteiger partial charge is 0.243 e. The molecule has 0 aliphatic carbocycles. The Balaban J connectivity index is 1.97. The zero-order chi connectivity index (χ0) is 15.4. The number of rotatable bonds is 4. The molecule has 0 atom stereocenters. The summed E-state index contributed by atoms with van der Waals surface area (Å²) < 4.78 is 0. The summed E-state index contributed by atoms with van der Waals surface area (Å²) in [4.78, 5) is 12.0. The molecule has 0 spiro atoms. The first-order valence-corrected chi connectivity index (χ1v) is 7.28. The molecule has 2 aromatic rings. The number of nitrogens with one attached hydrogen (secondary N) is 2. The minimum atomic E-state index is -0.130. The van der Waals surface area contributed by atoms with Crippen LogP contribution in [0.2, 0.25) is 10.0 Å². The summed E-state index contributed by atoms with van der Waals surface area (Å²) in [6.07, 6.45) is 0. The molecule has 2 rings (SSSR count). The normalized spacial score (nSPS) is 10.3. The predicted molar refractivity (Wildman–Crippen MR) is 89.5 cm³/mol. The van der Waals surface area contributed by atoms with Crippen molar-refractivity contribution >= 4 is 40.5 Å². The number of benzene rings is 2. The highest BCUT2D eigenvalue weighted by Gasteiger charge is 2.07. The second-order valence-corrected chi connectivity index (χ2v) is 5.62. The molecule has 0 aliphatic heterocycles. The molecule has 21 heavy (non-hydrogen) atoms. The van der Waals surface area contributed by atoms with Gasteiger partial charge in [-0.25, -0.2) is 0 Å². The fourth-order valence-corrected chi connectivity index (χ4v) is 2.34. The van der Waals surface area contributed by atoms with Crippen molar-refractivity contribution < 1.29 is 4.79 Å². The molecule has 110 valence electrons. The molecule has 2 aromatic carbocycles. The van der Waals surface area contributed by atoms with Crippen molar-refractivity contribution in [1.82, 2.24) is 0 Å². The second-order valence-electron chi connectivity index (χ2n) is 4.77. The maximum atomic E-state index is 12.0. The van der Waals surface area contributed by atoms with E-state index >= 15 is 0 Å². The summed E-state index contributed by atoms with van der Waals surface area (Å²) in [6, 6.07) is 10.9. The summed E-state index contributed by atoms with van der Waals surface area (Å²) in [5, 5.41) is 7.24. The fourth-order valence-electron chi connectivity index (χ4n) is 1.94. The minimum absolute atomic E-state index is 0.130. The lowest BCUT2D eigenvalue weighted by atomic mass is 10.2. The Bertz CT molecular complexity index is 671. The summed E-state index contributed by atoms with van der Waals surface area (Å²) in [5.41, 5.74) is 3.46. The lowest BCUT2D eigenvalue weighted by Gasteiger charge is -2.12. The number of aryl methyl sites for hydroxylation is 1. The standard InChI is InChI=1S/C16H16Cl2N2O/c1-10-8-12(17)6-7-14(10)19-9-16(21)20-15-5-3-4-13(18)11(15)2/h3-8,19H,9H2,1-2H3,(H,20,21). The van der Waals surface area contributed by atoms with E-state index < -0.39 is 0 Å². The van der Waals surface area contributed by atoms with Crippen molar-refractivity contribution in [3.63, 3.8) is 0 Å². The number of anilines is 2. The Labute approximate surface area is 134 Å². The molecule has 0 aliphatic rings. The van der Waals surface area contributed by atoms with Crippen LogP contribution in [0.1, 0.15) is 11.1 Å². The van der Waals surface area contributed by atoms with E-state index in [1.807, 2.05) is 38.1 Å². The molecule has 3 nitrogen and oxygen atoms in total. The zero-order valence-corrected chi connectivity index (χ0v) is 13.3. The van der Waals surface area contributed by atoms with E-state index in [0.29, 0.717) is 10.0 Å². The topological polar surface area (TPSA) is 41.1 Å². The zero-order valence-electron chi connectivity index (χ0n) is 11.8. The van der Waals surface area contributed by atoms with Gasteiger partial charge in [0.1, 0.15) is 0 Å². The van der Waals surface area contributed by atoms with Gasteiger partial charge in [-0.05, 0) is 55.3 Å². The lowest BCUT2D eigenvalue weighted by Crippen LogP contribution is -2.22. The SMILES string of the molecule is Cc1cc(Cl)ccc1NCC(=O)Nc1cccc(Cl)c1C. The first kappa shape index (κ1) is 15.7. The van der Waals surface area contributed by atoms with Gasteiger partial charge >= 0.3 is 0 Å². The van der Waals surface area contributed by atoms with Gasteiger partial charge in [0.25, 0.3) is 0 Å². The van der Waals surface area contributed by atoms with Crippen LogP contribution in [0.15, 0.2) is 36.4 Å². The van der Waals surface area contributed by atoms with E-state index in [9.17, 15) is 4.79 Å². The van der Waals surface area contributed by atoms with Crippen LogP contribution in [-0.2, 0) is 4.79 Å². The van der Waals surface area contributed by atoms with Gasteiger partial charge in [0.15, 0.2) is 0 Å². The van der Waals surface area contributed by atoms with Gasteiger partial charge in [-0.3, -0.25) is 4.79 Å². The van der Waals surface area contributed by atoms with E-state index in [-0.39, 0.29) is 12.5 Å². The van der Waals surface area contributed by atoms with Gasteiger partial charge in [0.2, 0.25) is 5.91 Å². The first-order chi connectivity index (χ1) is 9.97. The third-order valence-corrected chi connectivity index (χ3v) is 3.81. The Morgan fingerprint density at radius 2 is 1.86 bits per heavy atom. The maximum absolute atomic E-state index is 12.0. The number of carbonyl (C=O) groups is 1. The van der Waals surface area contributed by atoms with E-state index in [4.69, 9.17) is 23.2 Å². The fraction of sp³-hybridized carbons (Fsp3) is 0.188. The highest BCUT2D eigenvalue weighted by atomic mass is 35.5. The maximum Gasteiger partial charge on any atom is 0.243 e. The van der Waals surface area contributed by atoms with Crippen molar-refractivity contribution in [2.75, 3.05) is 17.2 Å². The number of halogens is 2. The van der Waals surface area contributed by atoms with E-state index in [2.05, 4.69) is 10.6 Å². The summed E-state index contributed by atoms with van der Waals surface area (Å²) in [7, 11) is 0. The van der Waals surface area contributed by atoms with E-state index in [0.717, 1.165) is 22.5 Å². The van der Waals surface area contributed by atoms with Crippen molar-refractivity contribution in [2.45, 2.75) is 13.8 Å². The molecule has 0 fully saturated rings. The molecule has 1 amide bonds. The first-order valence-electron chi connectivity index (χ1n) is 6.52. The molecule has 0 saturated carbocycles. The summed E-state index contributed by atoms with van der Waals surface area (Å²) in [5.74, 6) is -0.130. The van der Waals surface area contributed by atoms with Crippen LogP contribution in [0.3, 0.4) is 0 Å². The molecule has 0 bridgehead atoms. The van der Waals surface area contributed by atoms with Crippen molar-refractivity contribution in [1.29, 1.82) is 0 Å². The summed E-state index contributed by atoms with van der Waals surface area (Å²) >= 11 is 11.9. The van der Waals surface area contributed by atoms with E-state index in [1.54, 1.807) is 12.1 Å². The van der Waals surface area contributed by atoms with Crippen LogP contribution < -0.4 is 10.6 Å². The molecule has 0 saturated heterocycles. The van der Waals surface area contributed by atoms with Crippen molar-refractivity contribution in [2.24, 2.45) is 0 Å². The lowest BCUT2D eigenvalue weighted by molar-refractivity contribution is -0.114. The minimum Gasteiger partial charge on any atom is -0.376 e. The van der Waals surface area contributed by atoms with Crippen LogP contribution in [0.5, 0.6) is 0 Å². The van der Waals surface area contributed by atoms with Gasteiger partial charge in [0, 0.05) is 21.4 Å². The molecular weight excluding hydrogens is 307 g/mol. The van der Waals surface area contributed by atoms with Gasteiger partial charge in [-0.1, -0.05) is 29.3 Å². The Morgan fingerprint density at radius 3 is 2.57 bits per heavy atom. The molecular formula is C16H16Cl2N2O. The monoisotopic (exact) mass is 322 g/mol. The molecule has 0 aromatic heterocycles. The van der Waals surface area contributed by atoms with Gasteiger partial charge in [-0.15, -0.1) is 0 Å². The average Bonchev–Trinajstić information content (AvgIpc) is 2.43. The van der Waals surface area contributed by atoms with Crippen LogP contribution in [0.4, 0.5) is 11.4 Å². The molecule has 2 N–H and O–H groups in total. The van der Waals surface area contributed by atoms with E-state index in [1.165, 1.54) is 0 Å². The van der Waals surface area contributed by atoms with Crippen molar-refractivity contribution in [3.05, 3.63) is 57.6 Å². The predicted octanol–water partition coefficient (Wildman–Crippen LogP) is 4.66. The highest BCUT2D eigenvalue weighted by Crippen LogP contribution is 2.23. The largest absolute Gasteiger partial charge is 0.376 e. The van der Waals surface area contributed by atoms with Gasteiger partial charge < -0.3 is 10.6 Å². The molecule has 5 heteroatoms. The average molecular weight is 323 g/mol. The highest BCUT2D eigenvalue weighted by molar-refractivity contribution is 6.31. The third-order valence-electron chi connectivity index (χ3n) is 3.17. The van der Waals surface area contributed by atoms with Crippen LogP contribution >= 0.6 is 23.2 Å². The van der Waals surface area contributed by atoms with Crippen LogP contribution in [0, 0.1) is 13.8 Å². The molecule has 0 radical (unpaired) electrons. The molecule has 0 unspecified atom stereocenters. The molecule has 0 heterocycles.